The molecule has 0 amide bonds. The molecule has 1 atom stereocenters. The van der Waals surface area contributed by atoms with Crippen molar-refractivity contribution in [3.8, 4) is 5.75 Å². The molecule has 21 heavy (non-hydrogen) atoms. The summed E-state index contributed by atoms with van der Waals surface area (Å²) < 4.78 is 42.9. The van der Waals surface area contributed by atoms with Gasteiger partial charge in [-0.1, -0.05) is 24.3 Å². The molecule has 0 aromatic heterocycles. The molecule has 2 N–H and O–H groups in total. The Morgan fingerprint density at radius 3 is 2.57 bits per heavy atom. The van der Waals surface area contributed by atoms with Crippen LogP contribution >= 0.6 is 0 Å². The van der Waals surface area contributed by atoms with Gasteiger partial charge in [-0.3, -0.25) is 0 Å². The predicted molar refractivity (Wildman–Crippen MR) is 78.4 cm³/mol. The van der Waals surface area contributed by atoms with Crippen molar-refractivity contribution in [3.63, 3.8) is 0 Å². The molecule has 0 heterocycles. The minimum absolute atomic E-state index is 0.0761. The Hall–Kier alpha value is -1.92. The van der Waals surface area contributed by atoms with E-state index >= 15 is 0 Å². The Kier molecular flexibility index (Phi) is 4.59. The first-order chi connectivity index (χ1) is 9.94. The normalized spacial score (nSPS) is 12.9. The minimum atomic E-state index is -3.68. The van der Waals surface area contributed by atoms with Crippen LogP contribution in [0.25, 0.3) is 0 Å². The first kappa shape index (κ1) is 15.5. The molecule has 4 nitrogen and oxygen atoms in total. The van der Waals surface area contributed by atoms with Crippen LogP contribution in [-0.4, -0.2) is 21.3 Å². The fourth-order valence-corrected chi connectivity index (χ4v) is 3.48. The minimum Gasteiger partial charge on any atom is -0.496 e. The summed E-state index contributed by atoms with van der Waals surface area (Å²) in [6.45, 7) is 0. The molecule has 6 heteroatoms. The standard InChI is InChI=1S/C15H16FNO3S/c1-20-15-8-3-2-7-13(15)14(17)10-21(18,19)12-6-4-5-11(16)9-12/h2-9,14H,10,17H2,1H3. The predicted octanol–water partition coefficient (Wildman–Crippen LogP) is 2.31. The van der Waals surface area contributed by atoms with Crippen LogP contribution in [0, 0.1) is 5.82 Å². The molecule has 0 saturated heterocycles. The van der Waals surface area contributed by atoms with Gasteiger partial charge in [0.25, 0.3) is 0 Å². The Labute approximate surface area is 123 Å². The zero-order valence-electron chi connectivity index (χ0n) is 11.5. The SMILES string of the molecule is COc1ccccc1C(N)CS(=O)(=O)c1cccc(F)c1. The zero-order chi connectivity index (χ0) is 15.5. The van der Waals surface area contributed by atoms with Crippen molar-refractivity contribution in [2.75, 3.05) is 12.9 Å². The number of benzene rings is 2. The quantitative estimate of drug-likeness (QED) is 0.920. The number of hydrogen-bond donors (Lipinski definition) is 1. The lowest BCUT2D eigenvalue weighted by Gasteiger charge is -2.15. The Bertz CT molecular complexity index is 731. The molecule has 2 aromatic rings. The van der Waals surface area contributed by atoms with Crippen molar-refractivity contribution in [3.05, 3.63) is 59.9 Å². The lowest BCUT2D eigenvalue weighted by atomic mass is 10.1. The number of rotatable bonds is 5. The maximum absolute atomic E-state index is 13.2. The fourth-order valence-electron chi connectivity index (χ4n) is 2.06. The second kappa shape index (κ2) is 6.24. The number of halogens is 1. The van der Waals surface area contributed by atoms with E-state index < -0.39 is 21.7 Å². The summed E-state index contributed by atoms with van der Waals surface area (Å²) in [6, 6.07) is 11.1. The number of hydrogen-bond acceptors (Lipinski definition) is 4. The van der Waals surface area contributed by atoms with Gasteiger partial charge in [0.1, 0.15) is 11.6 Å². The van der Waals surface area contributed by atoms with Crippen LogP contribution in [0.4, 0.5) is 4.39 Å². The van der Waals surface area contributed by atoms with Gasteiger partial charge in [0.2, 0.25) is 0 Å². The molecule has 0 aliphatic rings. The maximum atomic E-state index is 13.2. The van der Waals surface area contributed by atoms with Gasteiger partial charge in [0.05, 0.1) is 17.8 Å². The molecule has 0 fully saturated rings. The Balaban J connectivity index is 2.28. The molecule has 1 unspecified atom stereocenters. The average Bonchev–Trinajstić information content (AvgIpc) is 2.46. The smallest absolute Gasteiger partial charge is 0.180 e. The monoisotopic (exact) mass is 309 g/mol. The highest BCUT2D eigenvalue weighted by molar-refractivity contribution is 7.91. The molecular weight excluding hydrogens is 293 g/mol. The zero-order valence-corrected chi connectivity index (χ0v) is 12.3. The number of nitrogens with two attached hydrogens (primary N) is 1. The molecule has 0 aliphatic carbocycles. The highest BCUT2D eigenvalue weighted by Gasteiger charge is 2.22. The third kappa shape index (κ3) is 3.59. The molecule has 2 aromatic carbocycles. The van der Waals surface area contributed by atoms with Gasteiger partial charge < -0.3 is 10.5 Å². The Morgan fingerprint density at radius 2 is 1.90 bits per heavy atom. The van der Waals surface area contributed by atoms with Gasteiger partial charge >= 0.3 is 0 Å². The summed E-state index contributed by atoms with van der Waals surface area (Å²) in [6.07, 6.45) is 0. The fraction of sp³-hybridized carbons (Fsp3) is 0.200. The van der Waals surface area contributed by atoms with Crippen molar-refractivity contribution in [2.24, 2.45) is 5.73 Å². The first-order valence-corrected chi connectivity index (χ1v) is 7.96. The van der Waals surface area contributed by atoms with Crippen LogP contribution in [0.1, 0.15) is 11.6 Å². The van der Waals surface area contributed by atoms with Crippen LogP contribution in [0.15, 0.2) is 53.4 Å². The summed E-state index contributed by atoms with van der Waals surface area (Å²) in [5.74, 6) is -0.391. The highest BCUT2D eigenvalue weighted by atomic mass is 32.2. The number of ether oxygens (including phenoxy) is 1. The molecule has 0 spiro atoms. The van der Waals surface area contributed by atoms with Crippen molar-refractivity contribution in [1.82, 2.24) is 0 Å². The molecule has 2 rings (SSSR count). The van der Waals surface area contributed by atoms with Crippen molar-refractivity contribution >= 4 is 9.84 Å². The second-order valence-corrected chi connectivity index (χ2v) is 6.62. The number of para-hydroxylation sites is 1. The van der Waals surface area contributed by atoms with E-state index in [1.54, 1.807) is 24.3 Å². The highest BCUT2D eigenvalue weighted by Crippen LogP contribution is 2.26. The molecule has 0 bridgehead atoms. The Morgan fingerprint density at radius 1 is 1.19 bits per heavy atom. The van der Waals surface area contributed by atoms with Gasteiger partial charge in [0, 0.05) is 11.6 Å². The van der Waals surface area contributed by atoms with Crippen LogP contribution in [-0.2, 0) is 9.84 Å². The van der Waals surface area contributed by atoms with Gasteiger partial charge in [0.15, 0.2) is 9.84 Å². The van der Waals surface area contributed by atoms with Crippen LogP contribution in [0.2, 0.25) is 0 Å². The topological polar surface area (TPSA) is 69.4 Å². The van der Waals surface area contributed by atoms with Gasteiger partial charge in [-0.25, -0.2) is 12.8 Å². The summed E-state index contributed by atoms with van der Waals surface area (Å²) in [4.78, 5) is -0.0761. The van der Waals surface area contributed by atoms with Gasteiger partial charge in [-0.2, -0.15) is 0 Å². The lowest BCUT2D eigenvalue weighted by molar-refractivity contribution is 0.407. The van der Waals surface area contributed by atoms with E-state index in [0.29, 0.717) is 11.3 Å². The third-order valence-corrected chi connectivity index (χ3v) is 4.86. The summed E-state index contributed by atoms with van der Waals surface area (Å²) in [5, 5.41) is 0. The van der Waals surface area contributed by atoms with Crippen molar-refractivity contribution in [1.29, 1.82) is 0 Å². The summed E-state index contributed by atoms with van der Waals surface area (Å²) >= 11 is 0. The third-order valence-electron chi connectivity index (χ3n) is 3.09. The van der Waals surface area contributed by atoms with Crippen LogP contribution in [0.5, 0.6) is 5.75 Å². The van der Waals surface area contributed by atoms with E-state index in [-0.39, 0.29) is 10.6 Å². The molecule has 112 valence electrons. The molecule has 0 saturated carbocycles. The average molecular weight is 309 g/mol. The molecule has 0 radical (unpaired) electrons. The van der Waals surface area contributed by atoms with E-state index in [9.17, 15) is 12.8 Å². The van der Waals surface area contributed by atoms with Crippen LogP contribution in [0.3, 0.4) is 0 Å². The number of sulfone groups is 1. The van der Waals surface area contributed by atoms with E-state index in [1.165, 1.54) is 25.3 Å². The molecule has 0 aliphatic heterocycles. The summed E-state index contributed by atoms with van der Waals surface area (Å²) in [5.41, 5.74) is 6.58. The van der Waals surface area contributed by atoms with E-state index in [0.717, 1.165) is 6.07 Å². The largest absolute Gasteiger partial charge is 0.496 e. The molecular formula is C15H16FNO3S. The van der Waals surface area contributed by atoms with Crippen molar-refractivity contribution < 1.29 is 17.5 Å². The van der Waals surface area contributed by atoms with E-state index in [4.69, 9.17) is 10.5 Å². The second-order valence-electron chi connectivity index (χ2n) is 4.59. The van der Waals surface area contributed by atoms with Crippen LogP contribution < -0.4 is 10.5 Å². The maximum Gasteiger partial charge on any atom is 0.180 e. The van der Waals surface area contributed by atoms with E-state index in [1.807, 2.05) is 0 Å². The first-order valence-electron chi connectivity index (χ1n) is 6.31. The van der Waals surface area contributed by atoms with Crippen molar-refractivity contribution in [2.45, 2.75) is 10.9 Å². The lowest BCUT2D eigenvalue weighted by Crippen LogP contribution is -2.22. The van der Waals surface area contributed by atoms with Gasteiger partial charge in [-0.05, 0) is 24.3 Å². The summed E-state index contributed by atoms with van der Waals surface area (Å²) in [7, 11) is -2.18. The number of methoxy groups -OCH3 is 1. The van der Waals surface area contributed by atoms with Gasteiger partial charge in [-0.15, -0.1) is 0 Å². The van der Waals surface area contributed by atoms with E-state index in [2.05, 4.69) is 0 Å².